The molecule has 0 aromatic heterocycles. The van der Waals surface area contributed by atoms with Crippen molar-refractivity contribution in [1.82, 2.24) is 9.21 Å². The molecule has 5 heteroatoms. The van der Waals surface area contributed by atoms with E-state index in [1.807, 2.05) is 31.2 Å². The first kappa shape index (κ1) is 17.4. The van der Waals surface area contributed by atoms with Crippen LogP contribution >= 0.6 is 0 Å². The van der Waals surface area contributed by atoms with Crippen molar-refractivity contribution < 1.29 is 8.42 Å². The minimum absolute atomic E-state index is 0.104. The van der Waals surface area contributed by atoms with Crippen LogP contribution in [0.1, 0.15) is 31.9 Å². The number of benzene rings is 1. The average Bonchev–Trinajstić information content (AvgIpc) is 2.40. The van der Waals surface area contributed by atoms with Gasteiger partial charge in [0.05, 0.1) is 5.75 Å². The molecule has 1 saturated heterocycles. The first-order valence-corrected chi connectivity index (χ1v) is 9.52. The Morgan fingerprint density at radius 1 is 1.00 bits per heavy atom. The number of rotatable bonds is 4. The zero-order chi connectivity index (χ0) is 16.4. The molecule has 22 heavy (non-hydrogen) atoms. The maximum Gasteiger partial charge on any atom is 0.218 e. The summed E-state index contributed by atoms with van der Waals surface area (Å²) in [6.45, 7) is 12.5. The molecule has 0 bridgehead atoms. The molecule has 2 rings (SSSR count). The third-order valence-electron chi connectivity index (χ3n) is 3.89. The monoisotopic (exact) mass is 324 g/mol. The van der Waals surface area contributed by atoms with Gasteiger partial charge in [-0.25, -0.2) is 8.42 Å². The highest BCUT2D eigenvalue weighted by molar-refractivity contribution is 7.88. The Morgan fingerprint density at radius 3 is 2.05 bits per heavy atom. The van der Waals surface area contributed by atoms with Gasteiger partial charge in [0.1, 0.15) is 0 Å². The van der Waals surface area contributed by atoms with Crippen LogP contribution in [0.3, 0.4) is 0 Å². The minimum atomic E-state index is -3.21. The summed E-state index contributed by atoms with van der Waals surface area (Å²) < 4.78 is 26.7. The molecule has 1 aromatic rings. The Labute approximate surface area is 135 Å². The van der Waals surface area contributed by atoms with Gasteiger partial charge >= 0.3 is 0 Å². The van der Waals surface area contributed by atoms with Crippen molar-refractivity contribution in [2.24, 2.45) is 5.41 Å². The molecule has 0 spiro atoms. The lowest BCUT2D eigenvalue weighted by Gasteiger charge is -2.37. The molecule has 0 saturated carbocycles. The molecule has 4 nitrogen and oxygen atoms in total. The molecule has 0 N–H and O–H groups in total. The van der Waals surface area contributed by atoms with E-state index >= 15 is 0 Å². The van der Waals surface area contributed by atoms with Crippen molar-refractivity contribution in [3.8, 4) is 0 Å². The number of hydrogen-bond donors (Lipinski definition) is 0. The van der Waals surface area contributed by atoms with E-state index in [0.717, 1.165) is 30.8 Å². The van der Waals surface area contributed by atoms with Crippen molar-refractivity contribution in [3.63, 3.8) is 0 Å². The van der Waals surface area contributed by atoms with Crippen molar-refractivity contribution in [3.05, 3.63) is 35.4 Å². The average molecular weight is 324 g/mol. The minimum Gasteiger partial charge on any atom is -0.300 e. The van der Waals surface area contributed by atoms with Crippen LogP contribution in [0.4, 0.5) is 0 Å². The molecule has 1 heterocycles. The van der Waals surface area contributed by atoms with E-state index in [9.17, 15) is 8.42 Å². The van der Waals surface area contributed by atoms with Gasteiger partial charge in [-0.2, -0.15) is 4.31 Å². The van der Waals surface area contributed by atoms with Gasteiger partial charge < -0.3 is 4.90 Å². The van der Waals surface area contributed by atoms with Crippen LogP contribution in [0.2, 0.25) is 0 Å². The van der Waals surface area contributed by atoms with Gasteiger partial charge in [-0.3, -0.25) is 0 Å². The fraction of sp³-hybridized carbons (Fsp3) is 0.647. The van der Waals surface area contributed by atoms with E-state index in [1.165, 1.54) is 0 Å². The highest BCUT2D eigenvalue weighted by Gasteiger charge is 2.28. The molecule has 0 radical (unpaired) electrons. The van der Waals surface area contributed by atoms with Crippen molar-refractivity contribution in [2.75, 3.05) is 32.7 Å². The predicted molar refractivity (Wildman–Crippen MR) is 91.3 cm³/mol. The van der Waals surface area contributed by atoms with Gasteiger partial charge in [-0.05, 0) is 17.9 Å². The van der Waals surface area contributed by atoms with Gasteiger partial charge in [-0.1, -0.05) is 50.6 Å². The Hall–Kier alpha value is -0.910. The van der Waals surface area contributed by atoms with E-state index in [2.05, 4.69) is 25.7 Å². The number of nitrogens with zero attached hydrogens (tertiary/aromatic N) is 2. The third kappa shape index (κ3) is 5.07. The standard InChI is InChI=1S/C17H28N2O2S/c1-15-5-7-16(8-6-15)13-22(20,21)19-11-9-18(10-12-19)14-17(2,3)4/h5-8H,9-14H2,1-4H3. The van der Waals surface area contributed by atoms with Gasteiger partial charge in [-0.15, -0.1) is 0 Å². The van der Waals surface area contributed by atoms with Crippen LogP contribution < -0.4 is 0 Å². The van der Waals surface area contributed by atoms with Gasteiger partial charge in [0.15, 0.2) is 0 Å². The summed E-state index contributed by atoms with van der Waals surface area (Å²) in [6, 6.07) is 7.74. The summed E-state index contributed by atoms with van der Waals surface area (Å²) in [5, 5.41) is 0. The molecule has 1 aliphatic heterocycles. The van der Waals surface area contributed by atoms with Crippen LogP contribution in [-0.4, -0.2) is 50.3 Å². The molecule has 1 aliphatic rings. The van der Waals surface area contributed by atoms with Crippen molar-refractivity contribution >= 4 is 10.0 Å². The molecular formula is C17H28N2O2S. The summed E-state index contributed by atoms with van der Waals surface area (Å²) >= 11 is 0. The zero-order valence-corrected chi connectivity index (χ0v) is 15.0. The van der Waals surface area contributed by atoms with E-state index in [0.29, 0.717) is 13.1 Å². The summed E-state index contributed by atoms with van der Waals surface area (Å²) in [4.78, 5) is 2.36. The molecule has 1 aromatic carbocycles. The Bertz CT molecular complexity index is 580. The lowest BCUT2D eigenvalue weighted by molar-refractivity contribution is 0.141. The van der Waals surface area contributed by atoms with Gasteiger partial charge in [0.25, 0.3) is 0 Å². The van der Waals surface area contributed by atoms with E-state index in [1.54, 1.807) is 4.31 Å². The molecule has 0 unspecified atom stereocenters. The van der Waals surface area contributed by atoms with Gasteiger partial charge in [0.2, 0.25) is 10.0 Å². The largest absolute Gasteiger partial charge is 0.300 e. The summed E-state index contributed by atoms with van der Waals surface area (Å²) in [5.41, 5.74) is 2.27. The maximum atomic E-state index is 12.5. The Kier molecular flexibility index (Phi) is 5.30. The number of aryl methyl sites for hydroxylation is 1. The number of sulfonamides is 1. The van der Waals surface area contributed by atoms with E-state index in [-0.39, 0.29) is 11.2 Å². The fourth-order valence-corrected chi connectivity index (χ4v) is 4.34. The highest BCUT2D eigenvalue weighted by atomic mass is 32.2. The van der Waals surface area contributed by atoms with Crippen LogP contribution in [0.5, 0.6) is 0 Å². The molecule has 0 amide bonds. The molecule has 0 atom stereocenters. The van der Waals surface area contributed by atoms with Crippen LogP contribution in [0.25, 0.3) is 0 Å². The summed E-state index contributed by atoms with van der Waals surface area (Å²) in [7, 11) is -3.21. The lowest BCUT2D eigenvalue weighted by Crippen LogP contribution is -2.50. The normalized spacial score (nSPS) is 18.5. The number of piperazine rings is 1. The van der Waals surface area contributed by atoms with Crippen molar-refractivity contribution in [2.45, 2.75) is 33.4 Å². The smallest absolute Gasteiger partial charge is 0.218 e. The van der Waals surface area contributed by atoms with E-state index < -0.39 is 10.0 Å². The predicted octanol–water partition coefficient (Wildman–Crippen LogP) is 2.49. The number of hydrogen-bond acceptors (Lipinski definition) is 3. The first-order valence-electron chi connectivity index (χ1n) is 7.91. The SMILES string of the molecule is Cc1ccc(CS(=O)(=O)N2CCN(CC(C)(C)C)CC2)cc1. The zero-order valence-electron chi connectivity index (χ0n) is 14.2. The molecule has 124 valence electrons. The summed E-state index contributed by atoms with van der Waals surface area (Å²) in [6.07, 6.45) is 0. The second-order valence-corrected chi connectivity index (χ2v) is 9.45. The second-order valence-electron chi connectivity index (χ2n) is 7.48. The van der Waals surface area contributed by atoms with E-state index in [4.69, 9.17) is 0 Å². The Balaban J connectivity index is 1.93. The van der Waals surface area contributed by atoms with Crippen molar-refractivity contribution in [1.29, 1.82) is 0 Å². The lowest BCUT2D eigenvalue weighted by atomic mass is 9.96. The first-order chi connectivity index (χ1) is 10.2. The van der Waals surface area contributed by atoms with Crippen LogP contribution in [0.15, 0.2) is 24.3 Å². The molecule has 1 fully saturated rings. The maximum absolute atomic E-state index is 12.5. The van der Waals surface area contributed by atoms with Crippen LogP contribution in [0, 0.1) is 12.3 Å². The summed E-state index contributed by atoms with van der Waals surface area (Å²) in [5.74, 6) is 0.104. The van der Waals surface area contributed by atoms with Gasteiger partial charge in [0, 0.05) is 32.7 Å². The molecular weight excluding hydrogens is 296 g/mol. The third-order valence-corrected chi connectivity index (χ3v) is 5.74. The molecule has 0 aliphatic carbocycles. The highest BCUT2D eigenvalue weighted by Crippen LogP contribution is 2.18. The van der Waals surface area contributed by atoms with Crippen LogP contribution in [-0.2, 0) is 15.8 Å². The second kappa shape index (κ2) is 6.69. The topological polar surface area (TPSA) is 40.6 Å². The fourth-order valence-electron chi connectivity index (χ4n) is 2.82. The quantitative estimate of drug-likeness (QED) is 0.854. The Morgan fingerprint density at radius 2 is 1.55 bits per heavy atom.